The Labute approximate surface area is 128 Å². The molecule has 0 unspecified atom stereocenters. The highest BCUT2D eigenvalue weighted by Gasteiger charge is 2.26. The topological polar surface area (TPSA) is 71.3 Å². The van der Waals surface area contributed by atoms with Crippen LogP contribution in [-0.4, -0.2) is 11.8 Å². The molecule has 5 heteroatoms. The molecule has 0 saturated carbocycles. The van der Waals surface area contributed by atoms with Crippen LogP contribution in [0.15, 0.2) is 47.1 Å². The van der Waals surface area contributed by atoms with E-state index in [9.17, 15) is 9.59 Å². The second-order valence-corrected chi connectivity index (χ2v) is 5.44. The van der Waals surface area contributed by atoms with Crippen LogP contribution in [0.1, 0.15) is 24.2 Å². The van der Waals surface area contributed by atoms with Gasteiger partial charge in [-0.3, -0.25) is 9.59 Å². The summed E-state index contributed by atoms with van der Waals surface area (Å²) in [6.07, 6.45) is 3.14. The summed E-state index contributed by atoms with van der Waals surface area (Å²) in [4.78, 5) is 23.9. The lowest BCUT2D eigenvalue weighted by Gasteiger charge is -2.24. The monoisotopic (exact) mass is 298 g/mol. The van der Waals surface area contributed by atoms with E-state index in [4.69, 9.17) is 4.42 Å². The van der Waals surface area contributed by atoms with E-state index in [1.54, 1.807) is 12.3 Å². The first-order valence-corrected chi connectivity index (χ1v) is 7.40. The number of carbonyl (C=O) groups excluding carboxylic acids is 2. The lowest BCUT2D eigenvalue weighted by atomic mass is 9.89. The molecule has 22 heavy (non-hydrogen) atoms. The van der Waals surface area contributed by atoms with Gasteiger partial charge < -0.3 is 15.1 Å². The third-order valence-corrected chi connectivity index (χ3v) is 3.87. The standard InChI is InChI=1S/C17H18N2O3/c20-16(18-11-14-5-3-9-22-14)8-7-13-10-12-4-1-2-6-15(12)19-17(13)21/h1-6,9,13H,7-8,10-11H2,(H,18,20)(H,19,21)/t13-/m1/s1. The largest absolute Gasteiger partial charge is 0.467 e. The van der Waals surface area contributed by atoms with Gasteiger partial charge in [-0.15, -0.1) is 0 Å². The Bertz CT molecular complexity index is 664. The van der Waals surface area contributed by atoms with Crippen molar-refractivity contribution in [2.75, 3.05) is 5.32 Å². The third-order valence-electron chi connectivity index (χ3n) is 3.87. The Morgan fingerprint density at radius 1 is 1.27 bits per heavy atom. The summed E-state index contributed by atoms with van der Waals surface area (Å²) in [6.45, 7) is 0.380. The average molecular weight is 298 g/mol. The fraction of sp³-hybridized carbons (Fsp3) is 0.294. The van der Waals surface area contributed by atoms with Crippen LogP contribution < -0.4 is 10.6 Å². The minimum Gasteiger partial charge on any atom is -0.467 e. The van der Waals surface area contributed by atoms with Gasteiger partial charge in [0.1, 0.15) is 5.76 Å². The molecular weight excluding hydrogens is 280 g/mol. The molecule has 2 N–H and O–H groups in total. The normalized spacial score (nSPS) is 16.7. The summed E-state index contributed by atoms with van der Waals surface area (Å²) in [6, 6.07) is 11.4. The van der Waals surface area contributed by atoms with Crippen LogP contribution in [0.4, 0.5) is 5.69 Å². The molecule has 0 aliphatic carbocycles. The first-order chi connectivity index (χ1) is 10.7. The zero-order chi connectivity index (χ0) is 15.4. The summed E-state index contributed by atoms with van der Waals surface area (Å²) in [5, 5.41) is 5.70. The van der Waals surface area contributed by atoms with E-state index >= 15 is 0 Å². The van der Waals surface area contributed by atoms with Crippen LogP contribution in [-0.2, 0) is 22.6 Å². The third kappa shape index (κ3) is 3.36. The molecule has 2 amide bonds. The molecule has 1 aliphatic rings. The summed E-state index contributed by atoms with van der Waals surface area (Å²) in [5.74, 6) is 0.502. The van der Waals surface area contributed by atoms with E-state index in [0.717, 1.165) is 17.0 Å². The van der Waals surface area contributed by atoms with Gasteiger partial charge in [-0.05, 0) is 36.6 Å². The Balaban J connectivity index is 1.49. The first-order valence-electron chi connectivity index (χ1n) is 7.40. The van der Waals surface area contributed by atoms with Crippen molar-refractivity contribution in [2.45, 2.75) is 25.8 Å². The second-order valence-electron chi connectivity index (χ2n) is 5.44. The van der Waals surface area contributed by atoms with Crippen LogP contribution in [0, 0.1) is 5.92 Å². The van der Waals surface area contributed by atoms with Crippen molar-refractivity contribution in [3.63, 3.8) is 0 Å². The minimum absolute atomic E-state index is 0.00228. The van der Waals surface area contributed by atoms with Gasteiger partial charge in [0.15, 0.2) is 0 Å². The molecule has 5 nitrogen and oxygen atoms in total. The van der Waals surface area contributed by atoms with Crippen molar-refractivity contribution in [3.05, 3.63) is 54.0 Å². The van der Waals surface area contributed by atoms with E-state index in [1.165, 1.54) is 0 Å². The molecule has 0 radical (unpaired) electrons. The molecule has 0 spiro atoms. The molecule has 114 valence electrons. The predicted octanol–water partition coefficient (Wildman–Crippen LogP) is 2.49. The number of para-hydroxylation sites is 1. The van der Waals surface area contributed by atoms with Crippen molar-refractivity contribution in [2.24, 2.45) is 5.92 Å². The summed E-state index contributed by atoms with van der Waals surface area (Å²) in [5.41, 5.74) is 2.01. The molecule has 2 heterocycles. The first kappa shape index (κ1) is 14.4. The smallest absolute Gasteiger partial charge is 0.227 e. The van der Waals surface area contributed by atoms with Gasteiger partial charge in [0, 0.05) is 18.0 Å². The van der Waals surface area contributed by atoms with Gasteiger partial charge in [-0.2, -0.15) is 0 Å². The summed E-state index contributed by atoms with van der Waals surface area (Å²) in [7, 11) is 0. The SMILES string of the molecule is O=C(CC[C@@H]1Cc2ccccc2NC1=O)NCc1ccco1. The number of amides is 2. The van der Waals surface area contributed by atoms with Gasteiger partial charge >= 0.3 is 0 Å². The molecule has 2 aromatic rings. The van der Waals surface area contributed by atoms with E-state index < -0.39 is 0 Å². The Kier molecular flexibility index (Phi) is 4.23. The quantitative estimate of drug-likeness (QED) is 0.891. The molecule has 1 atom stereocenters. The van der Waals surface area contributed by atoms with Crippen LogP contribution in [0.2, 0.25) is 0 Å². The highest BCUT2D eigenvalue weighted by atomic mass is 16.3. The summed E-state index contributed by atoms with van der Waals surface area (Å²) < 4.78 is 5.16. The second kappa shape index (κ2) is 6.47. The molecule has 0 saturated heterocycles. The maximum absolute atomic E-state index is 12.1. The van der Waals surface area contributed by atoms with Gasteiger partial charge in [0.05, 0.1) is 12.8 Å². The molecule has 1 aliphatic heterocycles. The lowest BCUT2D eigenvalue weighted by Crippen LogP contribution is -2.31. The zero-order valence-electron chi connectivity index (χ0n) is 12.2. The zero-order valence-corrected chi connectivity index (χ0v) is 12.2. The summed E-state index contributed by atoms with van der Waals surface area (Å²) >= 11 is 0. The predicted molar refractivity (Wildman–Crippen MR) is 82.1 cm³/mol. The van der Waals surface area contributed by atoms with Crippen LogP contribution in [0.3, 0.4) is 0 Å². The van der Waals surface area contributed by atoms with E-state index in [2.05, 4.69) is 10.6 Å². The molecule has 3 rings (SSSR count). The number of nitrogens with one attached hydrogen (secondary N) is 2. The van der Waals surface area contributed by atoms with Gasteiger partial charge in [0.2, 0.25) is 11.8 Å². The maximum Gasteiger partial charge on any atom is 0.227 e. The highest BCUT2D eigenvalue weighted by Crippen LogP contribution is 2.27. The Morgan fingerprint density at radius 3 is 2.95 bits per heavy atom. The van der Waals surface area contributed by atoms with Gasteiger partial charge in [0.25, 0.3) is 0 Å². The van der Waals surface area contributed by atoms with Crippen molar-refractivity contribution >= 4 is 17.5 Å². The molecular formula is C17H18N2O3. The highest BCUT2D eigenvalue weighted by molar-refractivity contribution is 5.96. The van der Waals surface area contributed by atoms with Crippen LogP contribution >= 0.6 is 0 Å². The van der Waals surface area contributed by atoms with Crippen molar-refractivity contribution in [1.82, 2.24) is 5.32 Å². The van der Waals surface area contributed by atoms with E-state index in [0.29, 0.717) is 25.8 Å². The molecule has 1 aromatic carbocycles. The van der Waals surface area contributed by atoms with E-state index in [-0.39, 0.29) is 17.7 Å². The number of hydrogen-bond acceptors (Lipinski definition) is 3. The van der Waals surface area contributed by atoms with Crippen LogP contribution in [0.25, 0.3) is 0 Å². The minimum atomic E-state index is -0.149. The fourth-order valence-electron chi connectivity index (χ4n) is 2.64. The van der Waals surface area contributed by atoms with Crippen molar-refractivity contribution in [1.29, 1.82) is 0 Å². The fourth-order valence-corrected chi connectivity index (χ4v) is 2.64. The van der Waals surface area contributed by atoms with Crippen LogP contribution in [0.5, 0.6) is 0 Å². The Morgan fingerprint density at radius 2 is 2.14 bits per heavy atom. The number of carbonyl (C=O) groups is 2. The van der Waals surface area contributed by atoms with Gasteiger partial charge in [-0.1, -0.05) is 18.2 Å². The lowest BCUT2D eigenvalue weighted by molar-refractivity contribution is -0.123. The maximum atomic E-state index is 12.1. The molecule has 0 bridgehead atoms. The number of rotatable bonds is 5. The number of furan rings is 1. The number of anilines is 1. The molecule has 1 aromatic heterocycles. The average Bonchev–Trinajstić information content (AvgIpc) is 3.04. The Hall–Kier alpha value is -2.56. The number of benzene rings is 1. The number of hydrogen-bond donors (Lipinski definition) is 2. The van der Waals surface area contributed by atoms with Crippen molar-refractivity contribution < 1.29 is 14.0 Å². The van der Waals surface area contributed by atoms with Gasteiger partial charge in [-0.25, -0.2) is 0 Å². The number of fused-ring (bicyclic) bond motifs is 1. The molecule has 0 fully saturated rings. The van der Waals surface area contributed by atoms with E-state index in [1.807, 2.05) is 30.3 Å². The van der Waals surface area contributed by atoms with Crippen molar-refractivity contribution in [3.8, 4) is 0 Å².